The van der Waals surface area contributed by atoms with E-state index in [-0.39, 0.29) is 0 Å². The van der Waals surface area contributed by atoms with Gasteiger partial charge in [-0.2, -0.15) is 0 Å². The molecule has 0 bridgehead atoms. The number of hydrogen-bond donors (Lipinski definition) is 0. The molecule has 0 spiro atoms. The molecule has 1 nitrogen and oxygen atoms in total. The molecule has 0 fully saturated rings. The highest BCUT2D eigenvalue weighted by atomic mass is 15.1. The van der Waals surface area contributed by atoms with Crippen LogP contribution < -0.4 is 0 Å². The van der Waals surface area contributed by atoms with Gasteiger partial charge < -0.3 is 4.90 Å². The molecule has 2 unspecified atom stereocenters. The molecule has 116 valence electrons. The Kier molecular flexibility index (Phi) is 3.66. The second kappa shape index (κ2) is 5.82. The number of benzene rings is 3. The normalized spacial score (nSPS) is 20.7. The Morgan fingerprint density at radius 3 is 2.35 bits per heavy atom. The maximum atomic E-state index is 2.41. The fourth-order valence-electron chi connectivity index (χ4n) is 4.20. The molecule has 2 atom stereocenters. The van der Waals surface area contributed by atoms with E-state index in [0.717, 1.165) is 0 Å². The van der Waals surface area contributed by atoms with E-state index < -0.39 is 0 Å². The Balaban J connectivity index is 1.96. The van der Waals surface area contributed by atoms with Crippen molar-refractivity contribution < 1.29 is 0 Å². The molecule has 23 heavy (non-hydrogen) atoms. The Bertz CT molecular complexity index is 829. The van der Waals surface area contributed by atoms with Crippen LogP contribution in [0.5, 0.6) is 0 Å². The van der Waals surface area contributed by atoms with Crippen LogP contribution in [-0.2, 0) is 6.42 Å². The molecule has 0 saturated heterocycles. The summed E-state index contributed by atoms with van der Waals surface area (Å²) in [7, 11) is 4.44. The molecule has 0 N–H and O–H groups in total. The second-order valence-electron chi connectivity index (χ2n) is 6.81. The van der Waals surface area contributed by atoms with Gasteiger partial charge in [-0.25, -0.2) is 0 Å². The van der Waals surface area contributed by atoms with Crippen molar-refractivity contribution in [3.63, 3.8) is 0 Å². The van der Waals surface area contributed by atoms with Gasteiger partial charge in [0.05, 0.1) is 0 Å². The highest BCUT2D eigenvalue weighted by Gasteiger charge is 2.32. The van der Waals surface area contributed by atoms with Crippen LogP contribution in [-0.4, -0.2) is 25.0 Å². The van der Waals surface area contributed by atoms with Gasteiger partial charge in [0, 0.05) is 12.0 Å². The van der Waals surface area contributed by atoms with Gasteiger partial charge in [-0.3, -0.25) is 0 Å². The Morgan fingerprint density at radius 2 is 1.48 bits per heavy atom. The summed E-state index contributed by atoms with van der Waals surface area (Å²) in [5, 5.41) is 2.73. The van der Waals surface area contributed by atoms with E-state index in [1.165, 1.54) is 40.3 Å². The summed E-state index contributed by atoms with van der Waals surface area (Å²) in [6, 6.07) is 25.1. The lowest BCUT2D eigenvalue weighted by Gasteiger charge is -2.38. The van der Waals surface area contributed by atoms with Crippen molar-refractivity contribution in [1.29, 1.82) is 0 Å². The Morgan fingerprint density at radius 1 is 0.783 bits per heavy atom. The third-order valence-corrected chi connectivity index (χ3v) is 5.31. The zero-order chi connectivity index (χ0) is 15.8. The van der Waals surface area contributed by atoms with E-state index in [0.29, 0.717) is 12.0 Å². The average Bonchev–Trinajstić information content (AvgIpc) is 2.60. The first-order valence-electron chi connectivity index (χ1n) is 8.47. The molecular weight excluding hydrogens is 278 g/mol. The number of hydrogen-bond acceptors (Lipinski definition) is 1. The lowest BCUT2D eigenvalue weighted by molar-refractivity contribution is 0.246. The minimum atomic E-state index is 0.445. The Labute approximate surface area is 138 Å². The lowest BCUT2D eigenvalue weighted by atomic mass is 9.74. The van der Waals surface area contributed by atoms with E-state index in [1.54, 1.807) is 0 Å². The molecule has 0 saturated carbocycles. The van der Waals surface area contributed by atoms with Gasteiger partial charge in [-0.05, 0) is 54.4 Å². The number of aryl methyl sites for hydroxylation is 1. The summed E-state index contributed by atoms with van der Waals surface area (Å²) < 4.78 is 0. The summed E-state index contributed by atoms with van der Waals surface area (Å²) in [6.07, 6.45) is 2.40. The maximum absolute atomic E-state index is 2.41. The first-order chi connectivity index (χ1) is 11.3. The minimum Gasteiger partial charge on any atom is -0.305 e. The highest BCUT2D eigenvalue weighted by molar-refractivity contribution is 5.86. The van der Waals surface area contributed by atoms with Gasteiger partial charge in [0.25, 0.3) is 0 Å². The largest absolute Gasteiger partial charge is 0.305 e. The summed E-state index contributed by atoms with van der Waals surface area (Å²) in [4.78, 5) is 2.41. The topological polar surface area (TPSA) is 3.24 Å². The molecule has 4 rings (SSSR count). The van der Waals surface area contributed by atoms with Gasteiger partial charge in [0.15, 0.2) is 0 Å². The van der Waals surface area contributed by atoms with Crippen LogP contribution in [0.1, 0.15) is 29.0 Å². The number of likely N-dealkylation sites (N-methyl/N-ethyl adjacent to an activating group) is 1. The van der Waals surface area contributed by atoms with Crippen LogP contribution >= 0.6 is 0 Å². The summed E-state index contributed by atoms with van der Waals surface area (Å²) >= 11 is 0. The van der Waals surface area contributed by atoms with Crippen molar-refractivity contribution in [2.24, 2.45) is 0 Å². The molecule has 0 aromatic heterocycles. The molecule has 0 aliphatic heterocycles. The fraction of sp³-hybridized carbons (Fsp3) is 0.273. The van der Waals surface area contributed by atoms with Crippen molar-refractivity contribution in [3.05, 3.63) is 83.4 Å². The summed E-state index contributed by atoms with van der Waals surface area (Å²) in [6.45, 7) is 0. The predicted octanol–water partition coefficient (Wildman–Crippen LogP) is 4.85. The third-order valence-electron chi connectivity index (χ3n) is 5.31. The first kappa shape index (κ1) is 14.5. The second-order valence-corrected chi connectivity index (χ2v) is 6.81. The van der Waals surface area contributed by atoms with Crippen LogP contribution in [0.3, 0.4) is 0 Å². The van der Waals surface area contributed by atoms with Gasteiger partial charge in [-0.1, -0.05) is 66.7 Å². The SMILES string of the molecule is CN(C)C1CCc2ccccc2C1c1cccc2ccccc12. The average molecular weight is 301 g/mol. The lowest BCUT2D eigenvalue weighted by Crippen LogP contribution is -2.38. The molecule has 1 aliphatic carbocycles. The number of fused-ring (bicyclic) bond motifs is 2. The van der Waals surface area contributed by atoms with Crippen LogP contribution in [0.15, 0.2) is 66.7 Å². The number of rotatable bonds is 2. The smallest absolute Gasteiger partial charge is 0.0254 e. The van der Waals surface area contributed by atoms with Crippen LogP contribution in [0.4, 0.5) is 0 Å². The molecule has 3 aromatic rings. The minimum absolute atomic E-state index is 0.445. The molecular formula is C22H23N. The van der Waals surface area contributed by atoms with Gasteiger partial charge in [0.2, 0.25) is 0 Å². The summed E-state index contributed by atoms with van der Waals surface area (Å²) in [5.41, 5.74) is 4.49. The van der Waals surface area contributed by atoms with E-state index in [2.05, 4.69) is 85.7 Å². The van der Waals surface area contributed by atoms with E-state index in [1.807, 2.05) is 0 Å². The van der Waals surface area contributed by atoms with Crippen LogP contribution in [0.25, 0.3) is 10.8 Å². The van der Waals surface area contributed by atoms with E-state index >= 15 is 0 Å². The van der Waals surface area contributed by atoms with Crippen molar-refractivity contribution in [2.75, 3.05) is 14.1 Å². The fourth-order valence-corrected chi connectivity index (χ4v) is 4.20. The molecule has 3 aromatic carbocycles. The molecule has 1 aliphatic rings. The standard InChI is InChI=1S/C22H23N/c1-23(2)21-15-14-17-9-4-6-12-19(17)22(21)20-13-7-10-16-8-3-5-11-18(16)20/h3-13,21-22H,14-15H2,1-2H3. The molecule has 1 heteroatoms. The van der Waals surface area contributed by atoms with Crippen molar-refractivity contribution >= 4 is 10.8 Å². The van der Waals surface area contributed by atoms with E-state index in [9.17, 15) is 0 Å². The number of nitrogens with zero attached hydrogens (tertiary/aromatic N) is 1. The monoisotopic (exact) mass is 301 g/mol. The quantitative estimate of drug-likeness (QED) is 0.654. The molecule has 0 radical (unpaired) electrons. The van der Waals surface area contributed by atoms with Crippen molar-refractivity contribution in [1.82, 2.24) is 4.90 Å². The molecule has 0 heterocycles. The van der Waals surface area contributed by atoms with Crippen molar-refractivity contribution in [3.8, 4) is 0 Å². The first-order valence-corrected chi connectivity index (χ1v) is 8.47. The summed E-state index contributed by atoms with van der Waals surface area (Å²) in [5.74, 6) is 0.445. The highest BCUT2D eigenvalue weighted by Crippen LogP contribution is 2.41. The Hall–Kier alpha value is -2.12. The van der Waals surface area contributed by atoms with E-state index in [4.69, 9.17) is 0 Å². The zero-order valence-corrected chi connectivity index (χ0v) is 13.9. The van der Waals surface area contributed by atoms with Crippen molar-refractivity contribution in [2.45, 2.75) is 24.8 Å². The zero-order valence-electron chi connectivity index (χ0n) is 13.9. The predicted molar refractivity (Wildman–Crippen MR) is 98.0 cm³/mol. The molecule has 0 amide bonds. The van der Waals surface area contributed by atoms with Gasteiger partial charge >= 0.3 is 0 Å². The third kappa shape index (κ3) is 2.46. The van der Waals surface area contributed by atoms with Gasteiger partial charge in [0.1, 0.15) is 0 Å². The van der Waals surface area contributed by atoms with Crippen LogP contribution in [0, 0.1) is 0 Å². The van der Waals surface area contributed by atoms with Crippen LogP contribution in [0.2, 0.25) is 0 Å². The maximum Gasteiger partial charge on any atom is 0.0254 e. The van der Waals surface area contributed by atoms with Gasteiger partial charge in [-0.15, -0.1) is 0 Å².